The lowest BCUT2D eigenvalue weighted by atomic mass is 10.0. The van der Waals surface area contributed by atoms with Gasteiger partial charge in [0.05, 0.1) is 0 Å². The van der Waals surface area contributed by atoms with Crippen molar-refractivity contribution < 1.29 is 4.79 Å². The molecule has 0 aliphatic heterocycles. The molecule has 1 aromatic carbocycles. The second-order valence-electron chi connectivity index (χ2n) is 4.98. The van der Waals surface area contributed by atoms with E-state index in [9.17, 15) is 4.79 Å². The molecule has 1 atom stereocenters. The molecule has 19 heavy (non-hydrogen) atoms. The number of amides is 1. The van der Waals surface area contributed by atoms with Crippen LogP contribution in [-0.4, -0.2) is 11.9 Å². The van der Waals surface area contributed by atoms with Gasteiger partial charge in [-0.3, -0.25) is 4.79 Å². The van der Waals surface area contributed by atoms with Crippen LogP contribution in [0, 0.1) is 13.8 Å². The fraction of sp³-hybridized carbons (Fsp3) is 0.312. The van der Waals surface area contributed by atoms with Crippen molar-refractivity contribution in [3.8, 4) is 0 Å². The monoisotopic (exact) mass is 273 g/mol. The average molecular weight is 273 g/mol. The van der Waals surface area contributed by atoms with E-state index in [1.165, 1.54) is 10.4 Å². The molecular weight excluding hydrogens is 254 g/mol. The van der Waals surface area contributed by atoms with Gasteiger partial charge in [-0.2, -0.15) is 0 Å². The molecule has 0 aliphatic rings. The van der Waals surface area contributed by atoms with Crippen molar-refractivity contribution in [1.29, 1.82) is 0 Å². The van der Waals surface area contributed by atoms with Gasteiger partial charge in [-0.05, 0) is 43.8 Å². The lowest BCUT2D eigenvalue weighted by Crippen LogP contribution is -2.34. The number of thiophene rings is 1. The number of rotatable bonds is 4. The van der Waals surface area contributed by atoms with Gasteiger partial charge in [0, 0.05) is 22.9 Å². The molecule has 2 rings (SSSR count). The molecule has 1 unspecified atom stereocenters. The number of nitrogens with one attached hydrogen (secondary N) is 1. The first-order chi connectivity index (χ1) is 9.06. The van der Waals surface area contributed by atoms with E-state index < -0.39 is 0 Å². The largest absolute Gasteiger partial charge is 0.349 e. The Balaban J connectivity index is 2.00. The summed E-state index contributed by atoms with van der Waals surface area (Å²) in [7, 11) is 0. The van der Waals surface area contributed by atoms with Crippen molar-refractivity contribution >= 4 is 17.2 Å². The predicted octanol–water partition coefficient (Wildman–Crippen LogP) is 3.73. The van der Waals surface area contributed by atoms with Gasteiger partial charge < -0.3 is 5.32 Å². The third kappa shape index (κ3) is 3.67. The summed E-state index contributed by atoms with van der Waals surface area (Å²) >= 11 is 1.73. The quantitative estimate of drug-likeness (QED) is 0.903. The molecule has 1 N–H and O–H groups in total. The van der Waals surface area contributed by atoms with Crippen LogP contribution in [0.4, 0.5) is 0 Å². The van der Waals surface area contributed by atoms with Crippen LogP contribution >= 0.6 is 11.3 Å². The lowest BCUT2D eigenvalue weighted by molar-refractivity contribution is 0.0939. The molecule has 0 radical (unpaired) electrons. The van der Waals surface area contributed by atoms with Crippen LogP contribution in [0.5, 0.6) is 0 Å². The smallest absolute Gasteiger partial charge is 0.251 e. The van der Waals surface area contributed by atoms with Crippen LogP contribution in [-0.2, 0) is 6.42 Å². The SMILES string of the molecule is Cc1ccc(C(=O)NC(C)Cc2cccs2)c(C)c1. The van der Waals surface area contributed by atoms with Gasteiger partial charge in [-0.15, -0.1) is 11.3 Å². The first-order valence-corrected chi connectivity index (χ1v) is 7.34. The number of carbonyl (C=O) groups excluding carboxylic acids is 1. The van der Waals surface area contributed by atoms with Crippen LogP contribution in [0.2, 0.25) is 0 Å². The van der Waals surface area contributed by atoms with E-state index >= 15 is 0 Å². The van der Waals surface area contributed by atoms with Gasteiger partial charge in [0.2, 0.25) is 0 Å². The van der Waals surface area contributed by atoms with E-state index in [0.29, 0.717) is 0 Å². The van der Waals surface area contributed by atoms with Gasteiger partial charge in [0.15, 0.2) is 0 Å². The molecule has 0 spiro atoms. The maximum atomic E-state index is 12.2. The van der Waals surface area contributed by atoms with E-state index in [1.54, 1.807) is 11.3 Å². The summed E-state index contributed by atoms with van der Waals surface area (Å²) in [5.41, 5.74) is 2.98. The Morgan fingerprint density at radius 2 is 2.11 bits per heavy atom. The molecule has 2 nitrogen and oxygen atoms in total. The Hall–Kier alpha value is -1.61. The Labute approximate surface area is 118 Å². The third-order valence-corrected chi connectivity index (χ3v) is 3.99. The van der Waals surface area contributed by atoms with Crippen molar-refractivity contribution in [3.63, 3.8) is 0 Å². The number of hydrogen-bond donors (Lipinski definition) is 1. The molecule has 0 fully saturated rings. The fourth-order valence-corrected chi connectivity index (χ4v) is 2.99. The highest BCUT2D eigenvalue weighted by atomic mass is 32.1. The van der Waals surface area contributed by atoms with Gasteiger partial charge >= 0.3 is 0 Å². The highest BCUT2D eigenvalue weighted by molar-refractivity contribution is 7.09. The van der Waals surface area contributed by atoms with Crippen molar-refractivity contribution in [1.82, 2.24) is 5.32 Å². The minimum Gasteiger partial charge on any atom is -0.349 e. The normalized spacial score (nSPS) is 12.2. The zero-order valence-corrected chi connectivity index (χ0v) is 12.4. The fourth-order valence-electron chi connectivity index (χ4n) is 2.15. The summed E-state index contributed by atoms with van der Waals surface area (Å²) in [5, 5.41) is 5.13. The van der Waals surface area contributed by atoms with E-state index in [-0.39, 0.29) is 11.9 Å². The molecule has 0 saturated heterocycles. The van der Waals surface area contributed by atoms with Gasteiger partial charge in [-0.25, -0.2) is 0 Å². The summed E-state index contributed by atoms with van der Waals surface area (Å²) in [6, 6.07) is 10.2. The van der Waals surface area contributed by atoms with Crippen molar-refractivity contribution in [2.75, 3.05) is 0 Å². The Bertz CT molecular complexity index is 560. The van der Waals surface area contributed by atoms with Crippen molar-refractivity contribution in [2.45, 2.75) is 33.2 Å². The lowest BCUT2D eigenvalue weighted by Gasteiger charge is -2.14. The molecule has 3 heteroatoms. The number of benzene rings is 1. The predicted molar refractivity (Wildman–Crippen MR) is 80.9 cm³/mol. The average Bonchev–Trinajstić information content (AvgIpc) is 2.81. The Morgan fingerprint density at radius 1 is 1.32 bits per heavy atom. The first-order valence-electron chi connectivity index (χ1n) is 6.47. The molecule has 100 valence electrons. The molecule has 0 saturated carbocycles. The molecular formula is C16H19NOS. The van der Waals surface area contributed by atoms with Crippen LogP contribution in [0.1, 0.15) is 33.3 Å². The summed E-state index contributed by atoms with van der Waals surface area (Å²) in [5.74, 6) is 0.0153. The maximum absolute atomic E-state index is 12.2. The Kier molecular flexibility index (Phi) is 4.38. The topological polar surface area (TPSA) is 29.1 Å². The highest BCUT2D eigenvalue weighted by Crippen LogP contribution is 2.13. The maximum Gasteiger partial charge on any atom is 0.251 e. The first kappa shape index (κ1) is 13.8. The van der Waals surface area contributed by atoms with Gasteiger partial charge in [-0.1, -0.05) is 23.8 Å². The van der Waals surface area contributed by atoms with E-state index in [1.807, 2.05) is 45.0 Å². The zero-order chi connectivity index (χ0) is 13.8. The zero-order valence-electron chi connectivity index (χ0n) is 11.6. The summed E-state index contributed by atoms with van der Waals surface area (Å²) < 4.78 is 0. The summed E-state index contributed by atoms with van der Waals surface area (Å²) in [6.07, 6.45) is 0.883. The minimum absolute atomic E-state index is 0.0153. The standard InChI is InChI=1S/C16H19NOS/c1-11-6-7-15(12(2)9-11)16(18)17-13(3)10-14-5-4-8-19-14/h4-9,13H,10H2,1-3H3,(H,17,18). The summed E-state index contributed by atoms with van der Waals surface area (Å²) in [4.78, 5) is 13.5. The van der Waals surface area contributed by atoms with Crippen LogP contribution in [0.15, 0.2) is 35.7 Å². The number of aryl methyl sites for hydroxylation is 2. The van der Waals surface area contributed by atoms with Crippen molar-refractivity contribution in [3.05, 3.63) is 57.3 Å². The third-order valence-electron chi connectivity index (χ3n) is 3.09. The van der Waals surface area contributed by atoms with Crippen LogP contribution in [0.3, 0.4) is 0 Å². The molecule has 0 bridgehead atoms. The van der Waals surface area contributed by atoms with Gasteiger partial charge in [0.1, 0.15) is 0 Å². The number of carbonyl (C=O) groups is 1. The van der Waals surface area contributed by atoms with Crippen molar-refractivity contribution in [2.24, 2.45) is 0 Å². The molecule has 1 aromatic heterocycles. The molecule has 1 amide bonds. The van der Waals surface area contributed by atoms with Crippen LogP contribution < -0.4 is 5.32 Å². The summed E-state index contributed by atoms with van der Waals surface area (Å²) in [6.45, 7) is 6.06. The molecule has 2 aromatic rings. The second-order valence-corrected chi connectivity index (χ2v) is 6.01. The molecule has 1 heterocycles. The van der Waals surface area contributed by atoms with E-state index in [2.05, 4.69) is 16.8 Å². The van der Waals surface area contributed by atoms with E-state index in [4.69, 9.17) is 0 Å². The van der Waals surface area contributed by atoms with Gasteiger partial charge in [0.25, 0.3) is 5.91 Å². The Morgan fingerprint density at radius 3 is 2.74 bits per heavy atom. The highest BCUT2D eigenvalue weighted by Gasteiger charge is 2.12. The molecule has 0 aliphatic carbocycles. The van der Waals surface area contributed by atoms with Crippen LogP contribution in [0.25, 0.3) is 0 Å². The minimum atomic E-state index is 0.0153. The second kappa shape index (κ2) is 6.02. The number of hydrogen-bond acceptors (Lipinski definition) is 2. The van der Waals surface area contributed by atoms with E-state index in [0.717, 1.165) is 17.5 Å².